The normalized spacial score (nSPS) is 12.8. The summed E-state index contributed by atoms with van der Waals surface area (Å²) in [5, 5.41) is 11.4. The van der Waals surface area contributed by atoms with E-state index >= 15 is 0 Å². The minimum atomic E-state index is -0.200. The van der Waals surface area contributed by atoms with Crippen LogP contribution in [0.5, 0.6) is 0 Å². The molecule has 148 valence electrons. The third-order valence-corrected chi connectivity index (χ3v) is 4.55. The van der Waals surface area contributed by atoms with Gasteiger partial charge >= 0.3 is 0 Å². The van der Waals surface area contributed by atoms with E-state index < -0.39 is 0 Å². The zero-order valence-corrected chi connectivity index (χ0v) is 17.1. The quantitative estimate of drug-likeness (QED) is 0.726. The first-order chi connectivity index (χ1) is 13.2. The van der Waals surface area contributed by atoms with Gasteiger partial charge in [-0.05, 0) is 32.4 Å². The van der Waals surface area contributed by atoms with Crippen LogP contribution in [0.15, 0.2) is 29.0 Å². The van der Waals surface area contributed by atoms with Crippen LogP contribution in [0.25, 0.3) is 17.3 Å². The molecule has 0 saturated heterocycles. The first-order valence-corrected chi connectivity index (χ1v) is 9.37. The van der Waals surface area contributed by atoms with Gasteiger partial charge in [0.05, 0.1) is 17.5 Å². The van der Waals surface area contributed by atoms with Gasteiger partial charge in [-0.25, -0.2) is 9.67 Å². The number of hydrogen-bond donors (Lipinski definition) is 1. The SMILES string of the molecule is CC[C@H](C)NC(=O)c1cnn(-c2cc(-c3nc(C(C)(C)C)no3)ccn2)c1C. The van der Waals surface area contributed by atoms with Crippen LogP contribution in [0, 0.1) is 6.92 Å². The predicted octanol–water partition coefficient (Wildman–Crippen LogP) is 3.45. The van der Waals surface area contributed by atoms with Crippen LogP contribution >= 0.6 is 0 Å². The number of nitrogens with one attached hydrogen (secondary N) is 1. The molecular weight excluding hydrogens is 356 g/mol. The Balaban J connectivity index is 1.91. The molecule has 0 spiro atoms. The third kappa shape index (κ3) is 3.95. The third-order valence-electron chi connectivity index (χ3n) is 4.55. The standard InChI is InChI=1S/C20H26N6O2/c1-7-12(2)23-17(27)15-11-22-26(13(15)3)16-10-14(8-9-21-16)18-24-19(25-28-18)20(4,5)6/h8-12H,7H2,1-6H3,(H,23,27)/t12-/m0/s1. The van der Waals surface area contributed by atoms with Crippen molar-refractivity contribution in [2.75, 3.05) is 0 Å². The molecule has 3 rings (SSSR count). The van der Waals surface area contributed by atoms with E-state index in [0.717, 1.165) is 12.0 Å². The maximum absolute atomic E-state index is 12.4. The summed E-state index contributed by atoms with van der Waals surface area (Å²) in [6, 6.07) is 3.72. The number of carbonyl (C=O) groups is 1. The van der Waals surface area contributed by atoms with Crippen LogP contribution in [0.3, 0.4) is 0 Å². The molecule has 8 nitrogen and oxygen atoms in total. The van der Waals surface area contributed by atoms with Crippen LogP contribution in [0.4, 0.5) is 0 Å². The molecule has 3 aromatic rings. The zero-order chi connectivity index (χ0) is 20.5. The Hall–Kier alpha value is -3.03. The van der Waals surface area contributed by atoms with E-state index in [1.807, 2.05) is 47.6 Å². The molecule has 0 aromatic carbocycles. The average molecular weight is 382 g/mol. The van der Waals surface area contributed by atoms with E-state index in [4.69, 9.17) is 4.52 Å². The monoisotopic (exact) mass is 382 g/mol. The number of amides is 1. The van der Waals surface area contributed by atoms with Crippen LogP contribution in [0.1, 0.15) is 62.9 Å². The Kier molecular flexibility index (Phi) is 5.31. The molecular formula is C20H26N6O2. The summed E-state index contributed by atoms with van der Waals surface area (Å²) in [4.78, 5) is 21.3. The minimum absolute atomic E-state index is 0.103. The Morgan fingerprint density at radius 2 is 2.11 bits per heavy atom. The van der Waals surface area contributed by atoms with Crippen LogP contribution in [-0.2, 0) is 5.41 Å². The highest BCUT2D eigenvalue weighted by molar-refractivity contribution is 5.95. The number of hydrogen-bond acceptors (Lipinski definition) is 6. The van der Waals surface area contributed by atoms with Crippen molar-refractivity contribution in [3.63, 3.8) is 0 Å². The fraction of sp³-hybridized carbons (Fsp3) is 0.450. The van der Waals surface area contributed by atoms with Crippen LogP contribution in [0.2, 0.25) is 0 Å². The Labute approximate surface area is 164 Å². The van der Waals surface area contributed by atoms with Gasteiger partial charge in [-0.3, -0.25) is 4.79 Å². The highest BCUT2D eigenvalue weighted by Crippen LogP contribution is 2.24. The van der Waals surface area contributed by atoms with Gasteiger partial charge in [-0.15, -0.1) is 0 Å². The van der Waals surface area contributed by atoms with E-state index in [2.05, 4.69) is 25.5 Å². The summed E-state index contributed by atoms with van der Waals surface area (Å²) in [7, 11) is 0. The highest BCUT2D eigenvalue weighted by Gasteiger charge is 2.22. The van der Waals surface area contributed by atoms with E-state index in [9.17, 15) is 4.79 Å². The van der Waals surface area contributed by atoms with E-state index in [0.29, 0.717) is 28.8 Å². The van der Waals surface area contributed by atoms with E-state index in [1.165, 1.54) is 0 Å². The lowest BCUT2D eigenvalue weighted by Gasteiger charge is -2.11. The van der Waals surface area contributed by atoms with Crippen molar-refractivity contribution in [1.29, 1.82) is 0 Å². The topological polar surface area (TPSA) is 98.7 Å². The van der Waals surface area contributed by atoms with Crippen molar-refractivity contribution in [2.45, 2.75) is 59.4 Å². The summed E-state index contributed by atoms with van der Waals surface area (Å²) >= 11 is 0. The second kappa shape index (κ2) is 7.53. The molecule has 1 atom stereocenters. The molecule has 0 bridgehead atoms. The lowest BCUT2D eigenvalue weighted by atomic mass is 9.96. The van der Waals surface area contributed by atoms with Crippen molar-refractivity contribution in [3.05, 3.63) is 41.6 Å². The molecule has 0 aliphatic carbocycles. The van der Waals surface area contributed by atoms with Gasteiger partial charge in [0.1, 0.15) is 0 Å². The second-order valence-electron chi connectivity index (χ2n) is 7.91. The molecule has 0 unspecified atom stereocenters. The second-order valence-corrected chi connectivity index (χ2v) is 7.91. The van der Waals surface area contributed by atoms with Crippen molar-refractivity contribution < 1.29 is 9.32 Å². The fourth-order valence-corrected chi connectivity index (χ4v) is 2.58. The lowest BCUT2D eigenvalue weighted by Crippen LogP contribution is -2.32. The van der Waals surface area contributed by atoms with Gasteiger partial charge in [0.15, 0.2) is 11.6 Å². The van der Waals surface area contributed by atoms with Crippen LogP contribution < -0.4 is 5.32 Å². The van der Waals surface area contributed by atoms with Crippen molar-refractivity contribution in [2.24, 2.45) is 0 Å². The van der Waals surface area contributed by atoms with Gasteiger partial charge in [0.2, 0.25) is 0 Å². The highest BCUT2D eigenvalue weighted by atomic mass is 16.5. The molecule has 3 aromatic heterocycles. The fourth-order valence-electron chi connectivity index (χ4n) is 2.58. The first-order valence-electron chi connectivity index (χ1n) is 9.37. The summed E-state index contributed by atoms with van der Waals surface area (Å²) in [6.07, 6.45) is 4.08. The van der Waals surface area contributed by atoms with Gasteiger partial charge < -0.3 is 9.84 Å². The van der Waals surface area contributed by atoms with Gasteiger partial charge in [-0.2, -0.15) is 10.1 Å². The predicted molar refractivity (Wildman–Crippen MR) is 105 cm³/mol. The molecule has 1 amide bonds. The molecule has 0 radical (unpaired) electrons. The van der Waals surface area contributed by atoms with Crippen molar-refractivity contribution in [3.8, 4) is 17.3 Å². The molecule has 8 heteroatoms. The summed E-state index contributed by atoms with van der Waals surface area (Å²) in [6.45, 7) is 11.9. The maximum atomic E-state index is 12.4. The Bertz CT molecular complexity index is 983. The van der Waals surface area contributed by atoms with E-state index in [-0.39, 0.29) is 17.4 Å². The number of nitrogens with zero attached hydrogens (tertiary/aromatic N) is 5. The molecule has 0 saturated carbocycles. The van der Waals surface area contributed by atoms with Gasteiger partial charge in [0, 0.05) is 23.2 Å². The molecule has 1 N–H and O–H groups in total. The van der Waals surface area contributed by atoms with Crippen molar-refractivity contribution >= 4 is 5.91 Å². The molecule has 0 aliphatic rings. The smallest absolute Gasteiger partial charge is 0.258 e. The summed E-state index contributed by atoms with van der Waals surface area (Å²) in [5.74, 6) is 1.50. The first kappa shape index (κ1) is 19.7. The lowest BCUT2D eigenvalue weighted by molar-refractivity contribution is 0.0938. The van der Waals surface area contributed by atoms with Crippen molar-refractivity contribution in [1.82, 2.24) is 30.2 Å². The molecule has 3 heterocycles. The van der Waals surface area contributed by atoms with Gasteiger partial charge in [-0.1, -0.05) is 32.9 Å². The molecule has 0 aliphatic heterocycles. The number of aromatic nitrogens is 5. The number of carbonyl (C=O) groups excluding carboxylic acids is 1. The van der Waals surface area contributed by atoms with E-state index in [1.54, 1.807) is 23.1 Å². The Morgan fingerprint density at radius 1 is 1.36 bits per heavy atom. The maximum Gasteiger partial charge on any atom is 0.258 e. The summed E-state index contributed by atoms with van der Waals surface area (Å²) in [5.41, 5.74) is 1.79. The number of pyridine rings is 1. The largest absolute Gasteiger partial charge is 0.349 e. The molecule has 0 fully saturated rings. The zero-order valence-electron chi connectivity index (χ0n) is 17.1. The van der Waals surface area contributed by atoms with Crippen LogP contribution in [-0.4, -0.2) is 36.9 Å². The number of rotatable bonds is 5. The Morgan fingerprint density at radius 3 is 2.75 bits per heavy atom. The molecule has 28 heavy (non-hydrogen) atoms. The van der Waals surface area contributed by atoms with Gasteiger partial charge in [0.25, 0.3) is 11.8 Å². The minimum Gasteiger partial charge on any atom is -0.349 e. The summed E-state index contributed by atoms with van der Waals surface area (Å²) < 4.78 is 7.05. The average Bonchev–Trinajstić information content (AvgIpc) is 3.28.